The lowest BCUT2D eigenvalue weighted by molar-refractivity contribution is 0.0951. The first-order chi connectivity index (χ1) is 7.10. The molecule has 2 amide bonds. The van der Waals surface area contributed by atoms with Gasteiger partial charge in [-0.15, -0.1) is 0 Å². The van der Waals surface area contributed by atoms with Crippen LogP contribution in [0.4, 0.5) is 0 Å². The summed E-state index contributed by atoms with van der Waals surface area (Å²) in [6.45, 7) is 2.38. The molecule has 1 aromatic rings. The highest BCUT2D eigenvalue weighted by atomic mass is 79.9. The molecule has 0 saturated carbocycles. The third kappa shape index (κ3) is 2.59. The number of aromatic amines is 1. The Kier molecular flexibility index (Phi) is 3.90. The van der Waals surface area contributed by atoms with Crippen molar-refractivity contribution in [2.75, 3.05) is 13.6 Å². The van der Waals surface area contributed by atoms with Crippen molar-refractivity contribution in [2.45, 2.75) is 6.92 Å². The number of aromatic nitrogens is 1. The minimum absolute atomic E-state index is 0.228. The summed E-state index contributed by atoms with van der Waals surface area (Å²) < 4.78 is 0.572. The number of nitrogens with one attached hydrogen (secondary N) is 3. The van der Waals surface area contributed by atoms with Gasteiger partial charge in [0.25, 0.3) is 11.8 Å². The Bertz CT molecular complexity index is 387. The zero-order valence-corrected chi connectivity index (χ0v) is 10.1. The van der Waals surface area contributed by atoms with E-state index in [1.165, 1.54) is 7.05 Å². The Morgan fingerprint density at radius 2 is 2.13 bits per heavy atom. The zero-order chi connectivity index (χ0) is 11.4. The molecule has 0 unspecified atom stereocenters. The fourth-order valence-electron chi connectivity index (χ4n) is 1.10. The zero-order valence-electron chi connectivity index (χ0n) is 8.48. The smallest absolute Gasteiger partial charge is 0.268 e. The van der Waals surface area contributed by atoms with Gasteiger partial charge in [-0.2, -0.15) is 0 Å². The van der Waals surface area contributed by atoms with E-state index >= 15 is 0 Å². The van der Waals surface area contributed by atoms with E-state index in [1.807, 2.05) is 6.92 Å². The van der Waals surface area contributed by atoms with E-state index in [4.69, 9.17) is 0 Å². The average molecular weight is 274 g/mol. The molecule has 0 aromatic carbocycles. The molecule has 5 nitrogen and oxygen atoms in total. The Hall–Kier alpha value is -1.30. The number of amides is 2. The van der Waals surface area contributed by atoms with Gasteiger partial charge in [0.15, 0.2) is 0 Å². The fraction of sp³-hybridized carbons (Fsp3) is 0.333. The number of rotatable bonds is 3. The Morgan fingerprint density at radius 3 is 2.67 bits per heavy atom. The molecule has 0 radical (unpaired) electrons. The number of halogens is 1. The lowest BCUT2D eigenvalue weighted by Crippen LogP contribution is -2.23. The maximum atomic E-state index is 11.4. The van der Waals surface area contributed by atoms with Gasteiger partial charge < -0.3 is 15.6 Å². The number of H-pyrrole nitrogens is 1. The Balaban J connectivity index is 2.95. The third-order valence-electron chi connectivity index (χ3n) is 1.81. The Labute approximate surface area is 95.8 Å². The van der Waals surface area contributed by atoms with Crippen LogP contribution < -0.4 is 10.6 Å². The molecule has 1 heterocycles. The highest BCUT2D eigenvalue weighted by Crippen LogP contribution is 2.17. The Morgan fingerprint density at radius 1 is 1.47 bits per heavy atom. The van der Waals surface area contributed by atoms with Crippen LogP contribution in [0, 0.1) is 0 Å². The van der Waals surface area contributed by atoms with Gasteiger partial charge in [-0.25, -0.2) is 0 Å². The molecule has 1 rings (SSSR count). The second-order valence-corrected chi connectivity index (χ2v) is 3.70. The van der Waals surface area contributed by atoms with Crippen LogP contribution in [0.2, 0.25) is 0 Å². The average Bonchev–Trinajstić information content (AvgIpc) is 2.60. The van der Waals surface area contributed by atoms with Gasteiger partial charge in [-0.1, -0.05) is 0 Å². The summed E-state index contributed by atoms with van der Waals surface area (Å²) in [4.78, 5) is 25.5. The second-order valence-electron chi connectivity index (χ2n) is 2.84. The summed E-state index contributed by atoms with van der Waals surface area (Å²) in [5, 5.41) is 5.11. The predicted molar refractivity (Wildman–Crippen MR) is 59.9 cm³/mol. The SMILES string of the molecule is CCNC(=O)c1cc(Br)c(C(=O)NC)[nH]1. The highest BCUT2D eigenvalue weighted by Gasteiger charge is 2.15. The molecule has 3 N–H and O–H groups in total. The number of carbonyl (C=O) groups excluding carboxylic acids is 2. The van der Waals surface area contributed by atoms with E-state index in [9.17, 15) is 9.59 Å². The van der Waals surface area contributed by atoms with Crippen LogP contribution in [0.3, 0.4) is 0 Å². The van der Waals surface area contributed by atoms with Gasteiger partial charge in [0, 0.05) is 18.1 Å². The van der Waals surface area contributed by atoms with Crippen LogP contribution in [0.25, 0.3) is 0 Å². The van der Waals surface area contributed by atoms with Crippen LogP contribution in [-0.4, -0.2) is 30.4 Å². The molecule has 1 aromatic heterocycles. The van der Waals surface area contributed by atoms with Crippen LogP contribution in [0.5, 0.6) is 0 Å². The lowest BCUT2D eigenvalue weighted by atomic mass is 10.4. The summed E-state index contributed by atoms with van der Waals surface area (Å²) in [5.74, 6) is -0.495. The monoisotopic (exact) mass is 273 g/mol. The quantitative estimate of drug-likeness (QED) is 0.765. The standard InChI is InChI=1S/C9H12BrN3O2/c1-3-12-8(14)6-4-5(10)7(13-6)9(15)11-2/h4,13H,3H2,1-2H3,(H,11,15)(H,12,14). The number of hydrogen-bond acceptors (Lipinski definition) is 2. The molecule has 0 aliphatic carbocycles. The minimum Gasteiger partial charge on any atom is -0.354 e. The van der Waals surface area contributed by atoms with Crippen molar-refractivity contribution in [1.29, 1.82) is 0 Å². The van der Waals surface area contributed by atoms with Crippen LogP contribution >= 0.6 is 15.9 Å². The van der Waals surface area contributed by atoms with Crippen molar-refractivity contribution in [2.24, 2.45) is 0 Å². The lowest BCUT2D eigenvalue weighted by Gasteiger charge is -1.98. The van der Waals surface area contributed by atoms with Crippen molar-refractivity contribution >= 4 is 27.7 Å². The molecule has 0 fully saturated rings. The van der Waals surface area contributed by atoms with E-state index in [1.54, 1.807) is 6.07 Å². The van der Waals surface area contributed by atoms with Gasteiger partial charge >= 0.3 is 0 Å². The normalized spacial score (nSPS) is 9.80. The maximum Gasteiger partial charge on any atom is 0.268 e. The third-order valence-corrected chi connectivity index (χ3v) is 2.43. The number of carbonyl (C=O) groups is 2. The summed E-state index contributed by atoms with van der Waals surface area (Å²) in [6.07, 6.45) is 0. The van der Waals surface area contributed by atoms with E-state index in [0.717, 1.165) is 0 Å². The molecule has 0 atom stereocenters. The van der Waals surface area contributed by atoms with E-state index in [-0.39, 0.29) is 11.8 Å². The fourth-order valence-corrected chi connectivity index (χ4v) is 1.61. The summed E-state index contributed by atoms with van der Waals surface area (Å²) in [6, 6.07) is 1.58. The van der Waals surface area contributed by atoms with Crippen molar-refractivity contribution in [3.63, 3.8) is 0 Å². The van der Waals surface area contributed by atoms with E-state index in [0.29, 0.717) is 22.4 Å². The van der Waals surface area contributed by atoms with Crippen LogP contribution in [0.15, 0.2) is 10.5 Å². The molecule has 0 saturated heterocycles. The van der Waals surface area contributed by atoms with Crippen molar-refractivity contribution in [3.8, 4) is 0 Å². The molecule has 0 bridgehead atoms. The topological polar surface area (TPSA) is 74.0 Å². The van der Waals surface area contributed by atoms with Gasteiger partial charge in [0.1, 0.15) is 11.4 Å². The molecule has 0 aliphatic heterocycles. The molecule has 0 spiro atoms. The summed E-state index contributed by atoms with van der Waals surface area (Å²) in [7, 11) is 1.53. The summed E-state index contributed by atoms with van der Waals surface area (Å²) >= 11 is 3.21. The van der Waals surface area contributed by atoms with Crippen molar-refractivity contribution in [1.82, 2.24) is 15.6 Å². The first kappa shape index (κ1) is 11.8. The molecular weight excluding hydrogens is 262 g/mol. The van der Waals surface area contributed by atoms with Crippen LogP contribution in [0.1, 0.15) is 27.9 Å². The van der Waals surface area contributed by atoms with Crippen LogP contribution in [-0.2, 0) is 0 Å². The first-order valence-electron chi connectivity index (χ1n) is 4.49. The van der Waals surface area contributed by atoms with Gasteiger partial charge in [-0.05, 0) is 28.9 Å². The predicted octanol–water partition coefficient (Wildman–Crippen LogP) is 0.887. The first-order valence-corrected chi connectivity index (χ1v) is 5.28. The van der Waals surface area contributed by atoms with Crippen molar-refractivity contribution in [3.05, 3.63) is 21.9 Å². The molecular formula is C9H12BrN3O2. The maximum absolute atomic E-state index is 11.4. The van der Waals surface area contributed by atoms with Gasteiger partial charge in [-0.3, -0.25) is 9.59 Å². The minimum atomic E-state index is -0.266. The van der Waals surface area contributed by atoms with Gasteiger partial charge in [0.05, 0.1) is 0 Å². The van der Waals surface area contributed by atoms with E-state index < -0.39 is 0 Å². The summed E-state index contributed by atoms with van der Waals surface area (Å²) in [5.41, 5.74) is 0.709. The molecule has 82 valence electrons. The van der Waals surface area contributed by atoms with E-state index in [2.05, 4.69) is 31.5 Å². The number of hydrogen-bond donors (Lipinski definition) is 3. The molecule has 15 heavy (non-hydrogen) atoms. The molecule has 6 heteroatoms. The highest BCUT2D eigenvalue weighted by molar-refractivity contribution is 9.10. The second kappa shape index (κ2) is 4.97. The largest absolute Gasteiger partial charge is 0.354 e. The van der Waals surface area contributed by atoms with Gasteiger partial charge in [0.2, 0.25) is 0 Å². The van der Waals surface area contributed by atoms with Crippen molar-refractivity contribution < 1.29 is 9.59 Å². The molecule has 0 aliphatic rings.